The van der Waals surface area contributed by atoms with Crippen molar-refractivity contribution in [1.29, 1.82) is 0 Å². The van der Waals surface area contributed by atoms with Crippen LogP contribution >= 0.6 is 11.6 Å². The maximum Gasteiger partial charge on any atom is 0.0923 e. The second kappa shape index (κ2) is 6.30. The zero-order valence-corrected chi connectivity index (χ0v) is 12.9. The van der Waals surface area contributed by atoms with Crippen LogP contribution in [0, 0.1) is 0 Å². The average Bonchev–Trinajstić information content (AvgIpc) is 2.95. The number of aromatic nitrogens is 3. The summed E-state index contributed by atoms with van der Waals surface area (Å²) >= 11 is 6.21. The second-order valence-corrected chi connectivity index (χ2v) is 5.59. The van der Waals surface area contributed by atoms with Gasteiger partial charge < -0.3 is 5.11 Å². The fourth-order valence-corrected chi connectivity index (χ4v) is 2.54. The van der Waals surface area contributed by atoms with Crippen molar-refractivity contribution >= 4 is 11.6 Å². The number of pyridine rings is 1. The van der Waals surface area contributed by atoms with Crippen LogP contribution in [0.5, 0.6) is 0 Å². The van der Waals surface area contributed by atoms with E-state index < -0.39 is 6.10 Å². The van der Waals surface area contributed by atoms with Crippen LogP contribution in [-0.2, 0) is 6.54 Å². The van der Waals surface area contributed by atoms with E-state index in [2.05, 4.69) is 10.1 Å². The van der Waals surface area contributed by atoms with Gasteiger partial charge in [0.15, 0.2) is 0 Å². The van der Waals surface area contributed by atoms with E-state index in [1.807, 2.05) is 48.7 Å². The lowest BCUT2D eigenvalue weighted by Gasteiger charge is -2.06. The molecule has 4 nitrogen and oxygen atoms in total. The predicted octanol–water partition coefficient (Wildman–Crippen LogP) is 3.65. The molecule has 0 bridgehead atoms. The number of rotatable bonds is 4. The summed E-state index contributed by atoms with van der Waals surface area (Å²) in [5.74, 6) is 0. The Bertz CT molecular complexity index is 783. The van der Waals surface area contributed by atoms with Crippen LogP contribution in [0.15, 0.2) is 54.9 Å². The summed E-state index contributed by atoms with van der Waals surface area (Å²) in [7, 11) is 0. The van der Waals surface area contributed by atoms with Crippen molar-refractivity contribution in [1.82, 2.24) is 14.8 Å². The lowest BCUT2D eigenvalue weighted by atomic mass is 10.1. The summed E-state index contributed by atoms with van der Waals surface area (Å²) in [5.41, 5.74) is 3.56. The van der Waals surface area contributed by atoms with Gasteiger partial charge in [-0.25, -0.2) is 0 Å². The second-order valence-electron chi connectivity index (χ2n) is 5.19. The van der Waals surface area contributed by atoms with Crippen molar-refractivity contribution in [3.05, 3.63) is 59.9 Å². The molecule has 0 saturated heterocycles. The minimum Gasteiger partial charge on any atom is -0.391 e. The molecule has 1 atom stereocenters. The van der Waals surface area contributed by atoms with Crippen LogP contribution in [-0.4, -0.2) is 26.0 Å². The van der Waals surface area contributed by atoms with Crippen molar-refractivity contribution in [2.45, 2.75) is 19.6 Å². The van der Waals surface area contributed by atoms with E-state index in [9.17, 15) is 5.11 Å². The summed E-state index contributed by atoms with van der Waals surface area (Å²) in [6.45, 7) is 2.22. The molecule has 0 aliphatic heterocycles. The van der Waals surface area contributed by atoms with E-state index in [4.69, 9.17) is 11.6 Å². The monoisotopic (exact) mass is 313 g/mol. The van der Waals surface area contributed by atoms with Gasteiger partial charge >= 0.3 is 0 Å². The largest absolute Gasteiger partial charge is 0.391 e. The van der Waals surface area contributed by atoms with Gasteiger partial charge in [-0.2, -0.15) is 5.10 Å². The molecule has 1 aromatic carbocycles. The van der Waals surface area contributed by atoms with Gasteiger partial charge in [-0.15, -0.1) is 0 Å². The Morgan fingerprint density at radius 3 is 2.77 bits per heavy atom. The molecule has 0 aliphatic carbocycles. The first-order valence-corrected chi connectivity index (χ1v) is 7.44. The quantitative estimate of drug-likeness (QED) is 0.800. The first-order valence-electron chi connectivity index (χ1n) is 7.06. The molecule has 112 valence electrons. The standard InChI is InChI=1S/C17H16ClN3O/c1-12(22)11-21-9-7-16(20-21)13-4-2-5-14(10-13)17-15(18)6-3-8-19-17/h2-10,12,22H,11H2,1H3. The molecule has 0 aliphatic rings. The molecule has 2 aromatic heterocycles. The van der Waals surface area contributed by atoms with Crippen LogP contribution in [0.25, 0.3) is 22.5 Å². The van der Waals surface area contributed by atoms with E-state index in [-0.39, 0.29) is 0 Å². The third kappa shape index (κ3) is 3.18. The van der Waals surface area contributed by atoms with E-state index in [1.165, 1.54) is 0 Å². The van der Waals surface area contributed by atoms with E-state index >= 15 is 0 Å². The minimum atomic E-state index is -0.425. The Kier molecular flexibility index (Phi) is 4.22. The highest BCUT2D eigenvalue weighted by Gasteiger charge is 2.08. The van der Waals surface area contributed by atoms with Gasteiger partial charge in [0.2, 0.25) is 0 Å². The Morgan fingerprint density at radius 1 is 1.18 bits per heavy atom. The van der Waals surface area contributed by atoms with E-state index in [0.717, 1.165) is 22.5 Å². The van der Waals surface area contributed by atoms with Gasteiger partial charge in [-0.3, -0.25) is 9.67 Å². The predicted molar refractivity (Wildman–Crippen MR) is 87.6 cm³/mol. The lowest BCUT2D eigenvalue weighted by Crippen LogP contribution is -2.11. The summed E-state index contributed by atoms with van der Waals surface area (Å²) in [5, 5.41) is 14.5. The number of benzene rings is 1. The first-order chi connectivity index (χ1) is 10.6. The maximum absolute atomic E-state index is 9.43. The molecule has 3 rings (SSSR count). The van der Waals surface area contributed by atoms with Gasteiger partial charge in [0.05, 0.1) is 29.1 Å². The summed E-state index contributed by atoms with van der Waals surface area (Å²) in [6, 6.07) is 13.5. The Hall–Kier alpha value is -2.17. The molecule has 0 saturated carbocycles. The highest BCUT2D eigenvalue weighted by molar-refractivity contribution is 6.33. The zero-order valence-electron chi connectivity index (χ0n) is 12.1. The zero-order chi connectivity index (χ0) is 15.5. The summed E-state index contributed by atoms with van der Waals surface area (Å²) < 4.78 is 1.74. The Balaban J connectivity index is 1.94. The molecule has 1 N–H and O–H groups in total. The van der Waals surface area contributed by atoms with Crippen LogP contribution in [0.2, 0.25) is 5.02 Å². The van der Waals surface area contributed by atoms with Crippen molar-refractivity contribution < 1.29 is 5.11 Å². The van der Waals surface area contributed by atoms with Crippen LogP contribution in [0.1, 0.15) is 6.92 Å². The molecule has 5 heteroatoms. The topological polar surface area (TPSA) is 50.9 Å². The maximum atomic E-state index is 9.43. The molecule has 0 spiro atoms. The molecule has 0 fully saturated rings. The van der Waals surface area contributed by atoms with Crippen LogP contribution in [0.4, 0.5) is 0 Å². The Labute approximate surface area is 134 Å². The number of aliphatic hydroxyl groups is 1. The third-order valence-electron chi connectivity index (χ3n) is 3.28. The number of hydrogen-bond acceptors (Lipinski definition) is 3. The molecular formula is C17H16ClN3O. The molecule has 0 radical (unpaired) electrons. The first kappa shape index (κ1) is 14.8. The van der Waals surface area contributed by atoms with E-state index in [1.54, 1.807) is 17.8 Å². The van der Waals surface area contributed by atoms with Crippen LogP contribution in [0.3, 0.4) is 0 Å². The normalized spacial score (nSPS) is 12.3. The van der Waals surface area contributed by atoms with Gasteiger partial charge in [0.1, 0.15) is 0 Å². The third-order valence-corrected chi connectivity index (χ3v) is 3.59. The minimum absolute atomic E-state index is 0.425. The summed E-state index contributed by atoms with van der Waals surface area (Å²) in [4.78, 5) is 4.34. The number of nitrogens with zero attached hydrogens (tertiary/aromatic N) is 3. The molecular weight excluding hydrogens is 298 g/mol. The smallest absolute Gasteiger partial charge is 0.0923 e. The lowest BCUT2D eigenvalue weighted by molar-refractivity contribution is 0.168. The van der Waals surface area contributed by atoms with E-state index in [0.29, 0.717) is 11.6 Å². The average molecular weight is 314 g/mol. The summed E-state index contributed by atoms with van der Waals surface area (Å²) in [6.07, 6.45) is 3.17. The number of hydrogen-bond donors (Lipinski definition) is 1. The van der Waals surface area contributed by atoms with Gasteiger partial charge in [0.25, 0.3) is 0 Å². The molecule has 0 amide bonds. The highest BCUT2D eigenvalue weighted by atomic mass is 35.5. The number of aliphatic hydroxyl groups excluding tert-OH is 1. The van der Waals surface area contributed by atoms with Crippen molar-refractivity contribution in [2.75, 3.05) is 0 Å². The fourth-order valence-electron chi connectivity index (χ4n) is 2.31. The SMILES string of the molecule is CC(O)Cn1ccc(-c2cccc(-c3ncccc3Cl)c2)n1. The van der Waals surface area contributed by atoms with Crippen molar-refractivity contribution in [2.24, 2.45) is 0 Å². The number of halogens is 1. The van der Waals surface area contributed by atoms with Gasteiger partial charge in [-0.1, -0.05) is 29.8 Å². The van der Waals surface area contributed by atoms with Gasteiger partial charge in [-0.05, 0) is 31.2 Å². The highest BCUT2D eigenvalue weighted by Crippen LogP contribution is 2.28. The molecule has 22 heavy (non-hydrogen) atoms. The molecule has 3 aromatic rings. The van der Waals surface area contributed by atoms with Crippen molar-refractivity contribution in [3.8, 4) is 22.5 Å². The molecule has 1 unspecified atom stereocenters. The van der Waals surface area contributed by atoms with Crippen LogP contribution < -0.4 is 0 Å². The molecule has 2 heterocycles. The van der Waals surface area contributed by atoms with Crippen molar-refractivity contribution in [3.63, 3.8) is 0 Å². The Morgan fingerprint density at radius 2 is 2.00 bits per heavy atom. The van der Waals surface area contributed by atoms with Gasteiger partial charge in [0, 0.05) is 23.5 Å². The fraction of sp³-hybridized carbons (Fsp3) is 0.176.